The van der Waals surface area contributed by atoms with Crippen molar-refractivity contribution in [2.24, 2.45) is 0 Å². The van der Waals surface area contributed by atoms with Gasteiger partial charge in [-0.3, -0.25) is 9.59 Å². The summed E-state index contributed by atoms with van der Waals surface area (Å²) in [4.78, 5) is 25.5. The molecule has 0 saturated carbocycles. The molecule has 5 nitrogen and oxygen atoms in total. The molecule has 2 aromatic carbocycles. The summed E-state index contributed by atoms with van der Waals surface area (Å²) in [6.45, 7) is 6.77. The lowest BCUT2D eigenvalue weighted by atomic mass is 10.0. The maximum atomic E-state index is 12.8. The molecule has 0 unspecified atom stereocenters. The Morgan fingerprint density at radius 3 is 2.47 bits per heavy atom. The lowest BCUT2D eigenvalue weighted by Crippen LogP contribution is -2.35. The van der Waals surface area contributed by atoms with E-state index in [-0.39, 0.29) is 17.5 Å². The molecule has 0 saturated heterocycles. The number of hydrogen-bond donors (Lipinski definition) is 2. The van der Waals surface area contributed by atoms with Crippen molar-refractivity contribution in [3.8, 4) is 0 Å². The molecular weight excluding hydrogens is 400 g/mol. The van der Waals surface area contributed by atoms with E-state index >= 15 is 0 Å². The van der Waals surface area contributed by atoms with Gasteiger partial charge in [-0.1, -0.05) is 55.8 Å². The number of aryl methyl sites for hydroxylation is 2. The summed E-state index contributed by atoms with van der Waals surface area (Å²) >= 11 is 0. The van der Waals surface area contributed by atoms with E-state index in [0.717, 1.165) is 18.4 Å². The van der Waals surface area contributed by atoms with E-state index in [9.17, 15) is 9.59 Å². The van der Waals surface area contributed by atoms with Gasteiger partial charge >= 0.3 is 0 Å². The first kappa shape index (κ1) is 23.1. The topological polar surface area (TPSA) is 71.3 Å². The number of hydrogen-bond acceptors (Lipinski definition) is 3. The van der Waals surface area contributed by atoms with Crippen molar-refractivity contribution in [2.75, 3.05) is 6.54 Å². The molecule has 0 bridgehead atoms. The van der Waals surface area contributed by atoms with Gasteiger partial charge in [-0.25, -0.2) is 0 Å². The molecule has 0 radical (unpaired) electrons. The lowest BCUT2D eigenvalue weighted by molar-refractivity contribution is -0.117. The second-order valence-electron chi connectivity index (χ2n) is 8.15. The molecule has 3 aromatic rings. The Labute approximate surface area is 189 Å². The summed E-state index contributed by atoms with van der Waals surface area (Å²) in [6.07, 6.45) is 4.72. The fraction of sp³-hybridized carbons (Fsp3) is 0.259. The molecule has 1 aromatic heterocycles. The summed E-state index contributed by atoms with van der Waals surface area (Å²) in [5, 5.41) is 5.62. The maximum absolute atomic E-state index is 12.8. The second kappa shape index (κ2) is 11.1. The van der Waals surface area contributed by atoms with Crippen LogP contribution in [0.25, 0.3) is 6.08 Å². The molecule has 32 heavy (non-hydrogen) atoms. The Morgan fingerprint density at radius 2 is 1.81 bits per heavy atom. The van der Waals surface area contributed by atoms with Crippen molar-refractivity contribution in [3.63, 3.8) is 0 Å². The quantitative estimate of drug-likeness (QED) is 0.361. The van der Waals surface area contributed by atoms with E-state index in [1.54, 1.807) is 24.3 Å². The molecule has 0 aliphatic rings. The van der Waals surface area contributed by atoms with Crippen LogP contribution in [0.2, 0.25) is 0 Å². The van der Waals surface area contributed by atoms with Gasteiger partial charge in [-0.2, -0.15) is 0 Å². The van der Waals surface area contributed by atoms with Gasteiger partial charge in [0.05, 0.1) is 6.26 Å². The highest BCUT2D eigenvalue weighted by molar-refractivity contribution is 6.05. The Hall–Kier alpha value is -3.60. The average molecular weight is 431 g/mol. The van der Waals surface area contributed by atoms with Crippen LogP contribution in [0.3, 0.4) is 0 Å². The van der Waals surface area contributed by atoms with Gasteiger partial charge in [0.15, 0.2) is 0 Å². The fourth-order valence-electron chi connectivity index (χ4n) is 3.31. The van der Waals surface area contributed by atoms with Crippen LogP contribution in [-0.2, 0) is 11.2 Å². The van der Waals surface area contributed by atoms with Gasteiger partial charge in [-0.15, -0.1) is 0 Å². The lowest BCUT2D eigenvalue weighted by Gasteiger charge is -2.11. The van der Waals surface area contributed by atoms with Crippen molar-refractivity contribution in [2.45, 2.75) is 39.5 Å². The van der Waals surface area contributed by atoms with Crippen molar-refractivity contribution in [1.29, 1.82) is 0 Å². The highest BCUT2D eigenvalue weighted by atomic mass is 16.3. The van der Waals surface area contributed by atoms with E-state index < -0.39 is 0 Å². The molecule has 166 valence electrons. The smallest absolute Gasteiger partial charge is 0.267 e. The number of amides is 2. The summed E-state index contributed by atoms with van der Waals surface area (Å²) < 4.78 is 5.32. The van der Waals surface area contributed by atoms with Crippen LogP contribution < -0.4 is 10.6 Å². The average Bonchev–Trinajstić information content (AvgIpc) is 3.29. The van der Waals surface area contributed by atoms with Crippen LogP contribution in [0.15, 0.2) is 77.0 Å². The molecule has 5 heteroatoms. The monoisotopic (exact) mass is 430 g/mol. The van der Waals surface area contributed by atoms with Crippen molar-refractivity contribution < 1.29 is 14.0 Å². The molecule has 2 N–H and O–H groups in total. The zero-order chi connectivity index (χ0) is 22.9. The molecule has 0 fully saturated rings. The zero-order valence-electron chi connectivity index (χ0n) is 18.9. The third-order valence-electron chi connectivity index (χ3n) is 5.18. The third-order valence-corrected chi connectivity index (χ3v) is 5.18. The van der Waals surface area contributed by atoms with E-state index in [1.807, 2.05) is 19.1 Å². The Kier molecular flexibility index (Phi) is 8.03. The maximum Gasteiger partial charge on any atom is 0.267 e. The highest BCUT2D eigenvalue weighted by Gasteiger charge is 2.15. The summed E-state index contributed by atoms with van der Waals surface area (Å²) in [5.74, 6) is 0.312. The molecule has 0 spiro atoms. The van der Waals surface area contributed by atoms with Crippen LogP contribution in [-0.4, -0.2) is 18.4 Å². The summed E-state index contributed by atoms with van der Waals surface area (Å²) in [5.41, 5.74) is 4.17. The van der Waals surface area contributed by atoms with Gasteiger partial charge in [0.1, 0.15) is 11.5 Å². The summed E-state index contributed by atoms with van der Waals surface area (Å²) in [6, 6.07) is 19.3. The van der Waals surface area contributed by atoms with Gasteiger partial charge in [0.25, 0.3) is 11.8 Å². The van der Waals surface area contributed by atoms with E-state index in [4.69, 9.17) is 4.42 Å². The molecular formula is C27H30N2O3. The molecule has 0 aliphatic heterocycles. The predicted molar refractivity (Wildman–Crippen MR) is 127 cm³/mol. The molecule has 0 atom stereocenters. The Bertz CT molecular complexity index is 1060. The Morgan fingerprint density at radius 1 is 1.03 bits per heavy atom. The zero-order valence-corrected chi connectivity index (χ0v) is 18.9. The van der Waals surface area contributed by atoms with E-state index in [2.05, 4.69) is 48.7 Å². The van der Waals surface area contributed by atoms with Crippen molar-refractivity contribution >= 4 is 17.9 Å². The van der Waals surface area contributed by atoms with Gasteiger partial charge in [-0.05, 0) is 61.1 Å². The number of benzene rings is 2. The van der Waals surface area contributed by atoms with Crippen molar-refractivity contribution in [1.82, 2.24) is 10.6 Å². The third kappa shape index (κ3) is 6.71. The summed E-state index contributed by atoms with van der Waals surface area (Å²) in [7, 11) is 0. The number of carbonyl (C=O) groups is 2. The van der Waals surface area contributed by atoms with Gasteiger partial charge in [0.2, 0.25) is 0 Å². The minimum Gasteiger partial charge on any atom is -0.465 e. The van der Waals surface area contributed by atoms with Crippen LogP contribution in [0.5, 0.6) is 0 Å². The second-order valence-corrected chi connectivity index (χ2v) is 8.15. The van der Waals surface area contributed by atoms with E-state index in [1.165, 1.54) is 23.5 Å². The number of carbonyl (C=O) groups excluding carboxylic acids is 2. The minimum absolute atomic E-state index is 0.146. The number of furan rings is 1. The minimum atomic E-state index is -0.349. The normalized spacial score (nSPS) is 11.4. The van der Waals surface area contributed by atoms with Crippen LogP contribution >= 0.6 is 0 Å². The number of rotatable bonds is 9. The molecule has 3 rings (SSSR count). The SMILES string of the molecule is Cc1cccc(C(=O)N/C(=C\c2ccco2)C(=O)NCCCc2ccc(C(C)C)cc2)c1. The largest absolute Gasteiger partial charge is 0.465 e. The molecule has 0 aliphatic carbocycles. The first-order valence-electron chi connectivity index (χ1n) is 10.9. The first-order valence-corrected chi connectivity index (χ1v) is 10.9. The molecule has 1 heterocycles. The highest BCUT2D eigenvalue weighted by Crippen LogP contribution is 2.15. The van der Waals surface area contributed by atoms with Crippen LogP contribution in [0.4, 0.5) is 0 Å². The predicted octanol–water partition coefficient (Wildman–Crippen LogP) is 5.23. The fourth-order valence-corrected chi connectivity index (χ4v) is 3.31. The van der Waals surface area contributed by atoms with Crippen molar-refractivity contribution in [3.05, 3.63) is 101 Å². The Balaban J connectivity index is 1.59. The van der Waals surface area contributed by atoms with Gasteiger partial charge < -0.3 is 15.1 Å². The van der Waals surface area contributed by atoms with Crippen LogP contribution in [0.1, 0.15) is 59.0 Å². The van der Waals surface area contributed by atoms with E-state index in [0.29, 0.717) is 23.8 Å². The number of nitrogens with one attached hydrogen (secondary N) is 2. The van der Waals surface area contributed by atoms with Crippen LogP contribution in [0, 0.1) is 6.92 Å². The molecule has 2 amide bonds. The van der Waals surface area contributed by atoms with Gasteiger partial charge in [0, 0.05) is 18.2 Å². The first-order chi connectivity index (χ1) is 15.4. The standard InChI is InChI=1S/C27H30N2O3/c1-19(2)22-13-11-21(12-14-22)8-5-15-28-27(31)25(18-24-10-6-16-32-24)29-26(30)23-9-4-7-20(3)17-23/h4,6-7,9-14,16-19H,5,8,15H2,1-3H3,(H,28,31)(H,29,30)/b25-18-.